The Hall–Kier alpha value is -1.49. The summed E-state index contributed by atoms with van der Waals surface area (Å²) < 4.78 is 38.6. The van der Waals surface area contributed by atoms with Crippen LogP contribution in [-0.4, -0.2) is 0 Å². The first-order valence-corrected chi connectivity index (χ1v) is 7.79. The van der Waals surface area contributed by atoms with Crippen molar-refractivity contribution in [3.05, 3.63) is 52.4 Å². The van der Waals surface area contributed by atoms with Crippen LogP contribution in [-0.2, 0) is 18.3 Å². The van der Waals surface area contributed by atoms with Crippen LogP contribution in [0.15, 0.2) is 36.4 Å². The lowest BCUT2D eigenvalue weighted by Gasteiger charge is -2.11. The molecule has 0 aliphatic rings. The van der Waals surface area contributed by atoms with E-state index < -0.39 is 11.7 Å². The summed E-state index contributed by atoms with van der Waals surface area (Å²) in [4.78, 5) is 1.21. The molecule has 0 saturated carbocycles. The molecule has 1 unspecified atom stereocenters. The van der Waals surface area contributed by atoms with Crippen LogP contribution in [0.1, 0.15) is 22.4 Å². The largest absolute Gasteiger partial charge is 0.416 e. The second-order valence-electron chi connectivity index (χ2n) is 4.70. The van der Waals surface area contributed by atoms with Gasteiger partial charge in [0.15, 0.2) is 0 Å². The Morgan fingerprint density at radius 3 is 2.40 bits per heavy atom. The van der Waals surface area contributed by atoms with Crippen LogP contribution in [0, 0.1) is 6.92 Å². The Kier molecular flexibility index (Phi) is 4.38. The molecule has 2 aromatic rings. The molecule has 0 spiro atoms. The maximum absolute atomic E-state index is 12.9. The number of thiophene rings is 1. The quantitative estimate of drug-likeness (QED) is 0.792. The number of halogens is 3. The molecule has 0 fully saturated rings. The van der Waals surface area contributed by atoms with Crippen molar-refractivity contribution >= 4 is 15.5 Å². The lowest BCUT2D eigenvalue weighted by molar-refractivity contribution is -0.138. The molecule has 5 heteroatoms. The minimum Gasteiger partial charge on any atom is -0.356 e. The predicted molar refractivity (Wildman–Crippen MR) is 77.8 cm³/mol. The maximum Gasteiger partial charge on any atom is 0.416 e. The van der Waals surface area contributed by atoms with Crippen molar-refractivity contribution in [2.45, 2.75) is 31.7 Å². The molecule has 0 aliphatic carbocycles. The third-order valence-electron chi connectivity index (χ3n) is 3.27. The molecular weight excluding hydrogens is 283 g/mol. The number of nitrogen functional groups attached to an aromatic ring is 1. The summed E-state index contributed by atoms with van der Waals surface area (Å²) in [5.74, 6) is 0.816. The van der Waals surface area contributed by atoms with Crippen LogP contribution >= 0.6 is 10.5 Å². The average Bonchev–Trinajstić information content (AvgIpc) is 2.70. The van der Waals surface area contributed by atoms with E-state index in [1.54, 1.807) is 12.1 Å². The van der Waals surface area contributed by atoms with E-state index in [2.05, 4.69) is 0 Å². The summed E-state index contributed by atoms with van der Waals surface area (Å²) in [6, 6.07) is 9.67. The Bertz CT molecular complexity index is 568. The summed E-state index contributed by atoms with van der Waals surface area (Å²) >= 11 is 0. The molecule has 2 N–H and O–H groups in total. The maximum atomic E-state index is 12.9. The molecule has 1 nitrogen and oxygen atoms in total. The lowest BCUT2D eigenvalue weighted by atomic mass is 10.0. The highest BCUT2D eigenvalue weighted by Gasteiger charge is 2.32. The molecule has 108 valence electrons. The molecule has 1 aromatic carbocycles. The van der Waals surface area contributed by atoms with Gasteiger partial charge in [0, 0.05) is 35.9 Å². The van der Waals surface area contributed by atoms with Crippen molar-refractivity contribution in [1.29, 1.82) is 0 Å². The topological polar surface area (TPSA) is 26.0 Å². The molecule has 2 rings (SSSR count). The van der Waals surface area contributed by atoms with E-state index in [1.807, 2.05) is 19.1 Å². The van der Waals surface area contributed by atoms with Gasteiger partial charge in [-0.2, -0.15) is 13.2 Å². The van der Waals surface area contributed by atoms with Crippen molar-refractivity contribution < 1.29 is 13.2 Å². The molecule has 1 heterocycles. The molecule has 0 aliphatic heterocycles. The van der Waals surface area contributed by atoms with Crippen molar-refractivity contribution in [3.63, 3.8) is 0 Å². The predicted octanol–water partition coefficient (Wildman–Crippen LogP) is 4.98. The smallest absolute Gasteiger partial charge is 0.356 e. The van der Waals surface area contributed by atoms with Crippen LogP contribution in [0.25, 0.3) is 0 Å². The third-order valence-corrected chi connectivity index (χ3v) is 5.59. The van der Waals surface area contributed by atoms with Crippen LogP contribution < -0.4 is 5.73 Å². The van der Waals surface area contributed by atoms with Crippen LogP contribution in [0.3, 0.4) is 0 Å². The first kappa shape index (κ1) is 14.9. The molecule has 20 heavy (non-hydrogen) atoms. The van der Waals surface area contributed by atoms with E-state index in [9.17, 15) is 13.2 Å². The Morgan fingerprint density at radius 2 is 1.80 bits per heavy atom. The number of rotatable bonds is 4. The third kappa shape index (κ3) is 3.33. The Labute approximate surface area is 119 Å². The van der Waals surface area contributed by atoms with Crippen molar-refractivity contribution in [1.82, 2.24) is 0 Å². The molecule has 1 atom stereocenters. The van der Waals surface area contributed by atoms with E-state index in [1.165, 1.54) is 10.9 Å². The molecule has 0 bridgehead atoms. The average molecular weight is 300 g/mol. The minimum absolute atomic E-state index is 0.0995. The van der Waals surface area contributed by atoms with Crippen molar-refractivity contribution in [3.8, 4) is 0 Å². The fraction of sp³-hybridized carbons (Fsp3) is 0.333. The highest BCUT2D eigenvalue weighted by molar-refractivity contribution is 7.34. The van der Waals surface area contributed by atoms with Crippen LogP contribution in [0.4, 0.5) is 18.2 Å². The first-order chi connectivity index (χ1) is 9.39. The summed E-state index contributed by atoms with van der Waals surface area (Å²) in [5, 5.41) is 0.839. The minimum atomic E-state index is -4.28. The van der Waals surface area contributed by atoms with Gasteiger partial charge in [-0.05, 0) is 18.1 Å². The van der Waals surface area contributed by atoms with Gasteiger partial charge >= 0.3 is 6.18 Å². The highest BCUT2D eigenvalue weighted by Crippen LogP contribution is 2.36. The summed E-state index contributed by atoms with van der Waals surface area (Å²) in [6.07, 6.45) is -3.14. The van der Waals surface area contributed by atoms with Gasteiger partial charge in [-0.3, -0.25) is 0 Å². The van der Waals surface area contributed by atoms with Crippen LogP contribution in [0.5, 0.6) is 0 Å². The van der Waals surface area contributed by atoms with Gasteiger partial charge in [0.05, 0.1) is 5.56 Å². The SMILES string of the molecule is Cc1ccc(N)[s+]1CCCc1ccccc1C(F)(F)F. The summed E-state index contributed by atoms with van der Waals surface area (Å²) in [6.45, 7) is 2.02. The number of hydrogen-bond acceptors (Lipinski definition) is 1. The van der Waals surface area contributed by atoms with E-state index in [0.717, 1.165) is 16.8 Å². The standard InChI is InChI=1S/C15H17F3NS/c1-11-8-9-14(19)20(11)10-4-6-12-5-2-3-7-13(12)15(16,17)18/h2-3,5,7-9H,4,6,10,19H2,1H3/q+1. The van der Waals surface area contributed by atoms with Crippen molar-refractivity contribution in [2.24, 2.45) is 0 Å². The van der Waals surface area contributed by atoms with Crippen LogP contribution in [0.2, 0.25) is 0 Å². The van der Waals surface area contributed by atoms with E-state index in [0.29, 0.717) is 18.4 Å². The molecular formula is C15H17F3NS+. The molecule has 0 amide bonds. The number of alkyl halides is 3. The summed E-state index contributed by atoms with van der Waals surface area (Å²) in [7, 11) is -0.0995. The van der Waals surface area contributed by atoms with Gasteiger partial charge in [0.2, 0.25) is 5.00 Å². The zero-order valence-corrected chi connectivity index (χ0v) is 12.0. The number of anilines is 1. The van der Waals surface area contributed by atoms with Gasteiger partial charge in [0.1, 0.15) is 10.6 Å². The van der Waals surface area contributed by atoms with Gasteiger partial charge in [-0.15, -0.1) is 0 Å². The second kappa shape index (κ2) is 5.87. The van der Waals surface area contributed by atoms with Crippen molar-refractivity contribution in [2.75, 3.05) is 5.73 Å². The monoisotopic (exact) mass is 300 g/mol. The van der Waals surface area contributed by atoms with Gasteiger partial charge < -0.3 is 5.73 Å². The van der Waals surface area contributed by atoms with E-state index >= 15 is 0 Å². The van der Waals surface area contributed by atoms with Gasteiger partial charge in [0.25, 0.3) is 0 Å². The zero-order chi connectivity index (χ0) is 14.8. The fourth-order valence-electron chi connectivity index (χ4n) is 2.25. The number of hydrogen-bond donors (Lipinski definition) is 1. The normalized spacial score (nSPS) is 12.7. The van der Waals surface area contributed by atoms with E-state index in [4.69, 9.17) is 5.73 Å². The van der Waals surface area contributed by atoms with Gasteiger partial charge in [-0.25, -0.2) is 0 Å². The number of nitrogens with two attached hydrogens (primary N) is 1. The first-order valence-electron chi connectivity index (χ1n) is 6.39. The Balaban J connectivity index is 2.05. The second-order valence-corrected chi connectivity index (χ2v) is 7.00. The number of aryl methyl sites for hydroxylation is 2. The summed E-state index contributed by atoms with van der Waals surface area (Å²) in [5.41, 5.74) is 5.73. The lowest BCUT2D eigenvalue weighted by Crippen LogP contribution is -2.09. The molecule has 0 radical (unpaired) electrons. The zero-order valence-electron chi connectivity index (χ0n) is 11.2. The highest BCUT2D eigenvalue weighted by atomic mass is 32.2. The fourth-order valence-corrected chi connectivity index (χ4v) is 4.08. The van der Waals surface area contributed by atoms with E-state index in [-0.39, 0.29) is 10.5 Å². The number of benzene rings is 1. The Morgan fingerprint density at radius 1 is 1.10 bits per heavy atom. The molecule has 1 aromatic heterocycles. The van der Waals surface area contributed by atoms with Gasteiger partial charge in [-0.1, -0.05) is 18.2 Å². The molecule has 0 saturated heterocycles.